The first-order chi connectivity index (χ1) is 28.5. The van der Waals surface area contributed by atoms with E-state index in [0.717, 1.165) is 38.5 Å². The van der Waals surface area contributed by atoms with Gasteiger partial charge in [-0.25, -0.2) is 0 Å². The predicted octanol–water partition coefficient (Wildman–Crippen LogP) is 14.5. The molecular formula is C52H103NO5. The van der Waals surface area contributed by atoms with Crippen molar-refractivity contribution in [3.8, 4) is 0 Å². The lowest BCUT2D eigenvalue weighted by Gasteiger charge is -2.27. The van der Waals surface area contributed by atoms with Gasteiger partial charge in [-0.05, 0) is 38.5 Å². The molecule has 0 aliphatic rings. The molecule has 6 heteroatoms. The standard InChI is InChI=1S/C52H103NO5/c1-3-5-7-9-11-13-15-17-19-20-21-22-23-24-25-26-27-28-29-30-31-32-34-36-38-40-42-44-46-50(56)52(58)53-48(47-54)51(57)49(55)45-43-41-39-37-35-33-18-16-14-12-10-8-6-4-2/h37,39,48-51,54-57H,3-36,38,40-47H2,1-2H3,(H,53,58)/b39-37+. The predicted molar refractivity (Wildman–Crippen MR) is 251 cm³/mol. The van der Waals surface area contributed by atoms with E-state index in [1.54, 1.807) is 0 Å². The van der Waals surface area contributed by atoms with Crippen molar-refractivity contribution in [2.75, 3.05) is 6.61 Å². The zero-order valence-corrected chi connectivity index (χ0v) is 39.1. The van der Waals surface area contributed by atoms with Crippen molar-refractivity contribution < 1.29 is 25.2 Å². The summed E-state index contributed by atoms with van der Waals surface area (Å²) in [7, 11) is 0. The molecule has 0 aromatic carbocycles. The van der Waals surface area contributed by atoms with Crippen molar-refractivity contribution in [1.29, 1.82) is 0 Å². The summed E-state index contributed by atoms with van der Waals surface area (Å²) < 4.78 is 0. The molecule has 58 heavy (non-hydrogen) atoms. The van der Waals surface area contributed by atoms with Gasteiger partial charge in [-0.1, -0.05) is 257 Å². The number of carbonyl (C=O) groups excluding carboxylic acids is 1. The molecule has 0 aliphatic carbocycles. The van der Waals surface area contributed by atoms with Crippen LogP contribution in [-0.2, 0) is 4.79 Å². The van der Waals surface area contributed by atoms with Gasteiger partial charge in [0.25, 0.3) is 0 Å². The molecule has 4 unspecified atom stereocenters. The van der Waals surface area contributed by atoms with E-state index in [-0.39, 0.29) is 0 Å². The van der Waals surface area contributed by atoms with Crippen molar-refractivity contribution in [2.45, 2.75) is 308 Å². The van der Waals surface area contributed by atoms with Gasteiger partial charge in [0, 0.05) is 0 Å². The summed E-state index contributed by atoms with van der Waals surface area (Å²) in [6, 6.07) is -0.997. The van der Waals surface area contributed by atoms with Gasteiger partial charge in [-0.2, -0.15) is 0 Å². The molecule has 6 nitrogen and oxygen atoms in total. The Labute approximate surface area is 362 Å². The second-order valence-corrected chi connectivity index (χ2v) is 18.2. The summed E-state index contributed by atoms with van der Waals surface area (Å²) >= 11 is 0. The Hall–Kier alpha value is -0.950. The highest BCUT2D eigenvalue weighted by Crippen LogP contribution is 2.18. The van der Waals surface area contributed by atoms with E-state index in [0.29, 0.717) is 12.8 Å². The highest BCUT2D eigenvalue weighted by Gasteiger charge is 2.28. The van der Waals surface area contributed by atoms with Gasteiger partial charge in [0.15, 0.2) is 0 Å². The van der Waals surface area contributed by atoms with Crippen LogP contribution in [0.4, 0.5) is 0 Å². The Kier molecular flexibility index (Phi) is 46.3. The van der Waals surface area contributed by atoms with Crippen molar-refractivity contribution in [2.24, 2.45) is 0 Å². The van der Waals surface area contributed by atoms with Crippen LogP contribution in [0.1, 0.15) is 284 Å². The largest absolute Gasteiger partial charge is 0.394 e. The SMILES string of the molecule is CCCCCCCCCCC/C=C/CCCC(O)C(O)C(CO)NC(=O)C(O)CCCCCCCCCCCCCCCCCCCCCCCCCCCCCC. The Balaban J connectivity index is 3.59. The van der Waals surface area contributed by atoms with Crippen molar-refractivity contribution in [1.82, 2.24) is 5.32 Å². The van der Waals surface area contributed by atoms with E-state index in [4.69, 9.17) is 0 Å². The van der Waals surface area contributed by atoms with Gasteiger partial charge < -0.3 is 25.7 Å². The average Bonchev–Trinajstić information content (AvgIpc) is 3.23. The van der Waals surface area contributed by atoms with Crippen LogP contribution in [0.5, 0.6) is 0 Å². The zero-order chi connectivity index (χ0) is 42.4. The summed E-state index contributed by atoms with van der Waals surface area (Å²) in [5, 5.41) is 43.8. The van der Waals surface area contributed by atoms with Crippen LogP contribution in [0.2, 0.25) is 0 Å². The van der Waals surface area contributed by atoms with E-state index in [9.17, 15) is 25.2 Å². The molecule has 5 N–H and O–H groups in total. The number of aliphatic hydroxyl groups is 4. The van der Waals surface area contributed by atoms with Crippen LogP contribution in [0.25, 0.3) is 0 Å². The monoisotopic (exact) mass is 822 g/mol. The first kappa shape index (κ1) is 57.1. The third-order valence-electron chi connectivity index (χ3n) is 12.5. The molecule has 0 fully saturated rings. The number of unbranched alkanes of at least 4 members (excludes halogenated alkanes) is 37. The zero-order valence-electron chi connectivity index (χ0n) is 39.1. The van der Waals surface area contributed by atoms with Gasteiger partial charge in [-0.15, -0.1) is 0 Å². The van der Waals surface area contributed by atoms with E-state index < -0.39 is 36.9 Å². The number of carbonyl (C=O) groups is 1. The fourth-order valence-electron chi connectivity index (χ4n) is 8.35. The first-order valence-electron chi connectivity index (χ1n) is 26.1. The van der Waals surface area contributed by atoms with Crippen molar-refractivity contribution in [3.63, 3.8) is 0 Å². The molecule has 0 rings (SSSR count). The number of rotatable bonds is 48. The van der Waals surface area contributed by atoms with Crippen LogP contribution in [0.3, 0.4) is 0 Å². The highest BCUT2D eigenvalue weighted by atomic mass is 16.3. The van der Waals surface area contributed by atoms with Gasteiger partial charge in [0.1, 0.15) is 12.2 Å². The topological polar surface area (TPSA) is 110 Å². The second kappa shape index (κ2) is 47.1. The minimum atomic E-state index is -1.28. The summed E-state index contributed by atoms with van der Waals surface area (Å²) in [5.74, 6) is -0.588. The van der Waals surface area contributed by atoms with Crippen LogP contribution < -0.4 is 5.32 Å². The summed E-state index contributed by atoms with van der Waals surface area (Å²) in [6.07, 6.45) is 54.2. The molecule has 0 aliphatic heterocycles. The fourth-order valence-corrected chi connectivity index (χ4v) is 8.35. The lowest BCUT2D eigenvalue weighted by atomic mass is 10.00. The van der Waals surface area contributed by atoms with Crippen LogP contribution in [0.15, 0.2) is 12.2 Å². The molecule has 346 valence electrons. The quantitative estimate of drug-likeness (QED) is 0.0310. The second-order valence-electron chi connectivity index (χ2n) is 18.2. The average molecular weight is 822 g/mol. The maximum absolute atomic E-state index is 12.5. The van der Waals surface area contributed by atoms with Crippen molar-refractivity contribution >= 4 is 5.91 Å². The molecule has 0 spiro atoms. The van der Waals surface area contributed by atoms with E-state index in [1.807, 2.05) is 0 Å². The maximum Gasteiger partial charge on any atom is 0.249 e. The van der Waals surface area contributed by atoms with Gasteiger partial charge in [0.05, 0.1) is 18.8 Å². The van der Waals surface area contributed by atoms with E-state index in [1.165, 1.54) is 218 Å². The van der Waals surface area contributed by atoms with E-state index >= 15 is 0 Å². The molecular weight excluding hydrogens is 719 g/mol. The minimum absolute atomic E-state index is 0.369. The molecule has 4 atom stereocenters. The Morgan fingerprint density at radius 3 is 1.03 bits per heavy atom. The Bertz CT molecular complexity index is 837. The lowest BCUT2D eigenvalue weighted by molar-refractivity contribution is -0.132. The molecule has 0 aromatic heterocycles. The Morgan fingerprint density at radius 1 is 0.414 bits per heavy atom. The molecule has 0 aromatic rings. The normalized spacial score (nSPS) is 14.0. The maximum atomic E-state index is 12.5. The number of amides is 1. The molecule has 1 amide bonds. The molecule has 0 saturated carbocycles. The first-order valence-corrected chi connectivity index (χ1v) is 26.1. The van der Waals surface area contributed by atoms with Gasteiger partial charge in [-0.3, -0.25) is 4.79 Å². The number of nitrogens with one attached hydrogen (secondary N) is 1. The molecule has 0 heterocycles. The molecule has 0 bridgehead atoms. The smallest absolute Gasteiger partial charge is 0.249 e. The third kappa shape index (κ3) is 40.5. The van der Waals surface area contributed by atoms with Crippen LogP contribution >= 0.6 is 0 Å². The fraction of sp³-hybridized carbons (Fsp3) is 0.942. The van der Waals surface area contributed by atoms with Crippen molar-refractivity contribution in [3.05, 3.63) is 12.2 Å². The lowest BCUT2D eigenvalue weighted by Crippen LogP contribution is -2.53. The van der Waals surface area contributed by atoms with Gasteiger partial charge >= 0.3 is 0 Å². The van der Waals surface area contributed by atoms with Crippen LogP contribution in [-0.4, -0.2) is 57.3 Å². The summed E-state index contributed by atoms with van der Waals surface area (Å²) in [6.45, 7) is 4.06. The van der Waals surface area contributed by atoms with Crippen LogP contribution in [0, 0.1) is 0 Å². The molecule has 0 saturated heterocycles. The number of aliphatic hydroxyl groups excluding tert-OH is 4. The number of hydrogen-bond acceptors (Lipinski definition) is 5. The Morgan fingerprint density at radius 2 is 0.707 bits per heavy atom. The number of hydrogen-bond donors (Lipinski definition) is 5. The molecule has 0 radical (unpaired) electrons. The highest BCUT2D eigenvalue weighted by molar-refractivity contribution is 5.80. The summed E-state index contributed by atoms with van der Waals surface area (Å²) in [5.41, 5.74) is 0. The minimum Gasteiger partial charge on any atom is -0.394 e. The van der Waals surface area contributed by atoms with Gasteiger partial charge in [0.2, 0.25) is 5.91 Å². The summed E-state index contributed by atoms with van der Waals surface area (Å²) in [4.78, 5) is 12.5. The van der Waals surface area contributed by atoms with E-state index in [2.05, 4.69) is 31.3 Å². The third-order valence-corrected chi connectivity index (χ3v) is 12.5. The number of allylic oxidation sites excluding steroid dienone is 2.